The highest BCUT2D eigenvalue weighted by molar-refractivity contribution is 5.80. The van der Waals surface area contributed by atoms with Gasteiger partial charge in [-0.25, -0.2) is 4.79 Å². The number of urea groups is 1. The van der Waals surface area contributed by atoms with E-state index in [1.807, 2.05) is 4.90 Å². The average Bonchev–Trinajstić information content (AvgIpc) is 2.61. The van der Waals surface area contributed by atoms with E-state index in [1.165, 1.54) is 0 Å². The first kappa shape index (κ1) is 12.4. The van der Waals surface area contributed by atoms with Gasteiger partial charge in [0.25, 0.3) is 0 Å². The summed E-state index contributed by atoms with van der Waals surface area (Å²) < 4.78 is 0. The van der Waals surface area contributed by atoms with E-state index >= 15 is 0 Å². The molecule has 0 aromatic rings. The first-order chi connectivity index (χ1) is 7.88. The van der Waals surface area contributed by atoms with Crippen molar-refractivity contribution in [3.8, 4) is 0 Å². The number of amides is 2. The fourth-order valence-corrected chi connectivity index (χ4v) is 2.60. The van der Waals surface area contributed by atoms with Gasteiger partial charge in [0.1, 0.15) is 5.78 Å². The molecule has 1 aliphatic carbocycles. The van der Waals surface area contributed by atoms with Crippen LogP contribution in [0.25, 0.3) is 0 Å². The van der Waals surface area contributed by atoms with Gasteiger partial charge in [0, 0.05) is 25.4 Å². The third-order valence-corrected chi connectivity index (χ3v) is 3.94. The minimum Gasteiger partial charge on any atom is -0.333 e. The number of carbonyl (C=O) groups is 2. The van der Waals surface area contributed by atoms with Crippen LogP contribution in [0.2, 0.25) is 0 Å². The molecule has 4 nitrogen and oxygen atoms in total. The van der Waals surface area contributed by atoms with Crippen molar-refractivity contribution in [3.05, 3.63) is 0 Å². The summed E-state index contributed by atoms with van der Waals surface area (Å²) in [5, 5.41) is 3.05. The van der Waals surface area contributed by atoms with Crippen LogP contribution in [0.4, 0.5) is 4.79 Å². The number of carbonyl (C=O) groups excluding carboxylic acids is 2. The molecule has 0 spiro atoms. The summed E-state index contributed by atoms with van der Waals surface area (Å²) in [5.74, 6) is 0.341. The van der Waals surface area contributed by atoms with Crippen molar-refractivity contribution in [3.63, 3.8) is 0 Å². The van der Waals surface area contributed by atoms with Crippen LogP contribution in [0.1, 0.15) is 46.5 Å². The molecule has 0 aromatic heterocycles. The van der Waals surface area contributed by atoms with Crippen molar-refractivity contribution in [2.45, 2.75) is 58.5 Å². The molecule has 0 aromatic carbocycles. The normalized spacial score (nSPS) is 27.5. The van der Waals surface area contributed by atoms with Crippen molar-refractivity contribution in [2.75, 3.05) is 6.54 Å². The molecule has 1 N–H and O–H groups in total. The van der Waals surface area contributed by atoms with Gasteiger partial charge >= 0.3 is 6.03 Å². The van der Waals surface area contributed by atoms with Crippen molar-refractivity contribution in [1.82, 2.24) is 10.2 Å². The number of hydrogen-bond acceptors (Lipinski definition) is 2. The standard InChI is InChI=1S/C13H22N2O2/c1-13(2,3)11-8-15(12(17)14-11)9-4-6-10(16)7-5-9/h9,11H,4-8H2,1-3H3,(H,14,17). The lowest BCUT2D eigenvalue weighted by Crippen LogP contribution is -2.40. The Bertz CT molecular complexity index is 323. The lowest BCUT2D eigenvalue weighted by molar-refractivity contribution is -0.121. The quantitative estimate of drug-likeness (QED) is 0.759. The molecule has 0 radical (unpaired) electrons. The van der Waals surface area contributed by atoms with Gasteiger partial charge in [-0.3, -0.25) is 4.79 Å². The van der Waals surface area contributed by atoms with Crippen molar-refractivity contribution >= 4 is 11.8 Å². The largest absolute Gasteiger partial charge is 0.333 e. The summed E-state index contributed by atoms with van der Waals surface area (Å²) in [5.41, 5.74) is 0.0922. The number of Topliss-reactive ketones (excluding diaryl/α,β-unsaturated/α-hetero) is 1. The monoisotopic (exact) mass is 238 g/mol. The van der Waals surface area contributed by atoms with Crippen LogP contribution in [-0.2, 0) is 4.79 Å². The molecule has 2 fully saturated rings. The van der Waals surface area contributed by atoms with E-state index in [2.05, 4.69) is 26.1 Å². The van der Waals surface area contributed by atoms with Gasteiger partial charge in [-0.1, -0.05) is 20.8 Å². The second-order valence-electron chi connectivity index (χ2n) is 6.29. The molecule has 17 heavy (non-hydrogen) atoms. The number of hydrogen-bond donors (Lipinski definition) is 1. The molecule has 1 aliphatic heterocycles. The molecule has 1 atom stereocenters. The summed E-state index contributed by atoms with van der Waals surface area (Å²) in [6, 6.07) is 0.525. The van der Waals surface area contributed by atoms with Gasteiger partial charge in [0.05, 0.1) is 6.04 Å². The van der Waals surface area contributed by atoms with Crippen LogP contribution in [0.5, 0.6) is 0 Å². The molecular formula is C13H22N2O2. The Kier molecular flexibility index (Phi) is 3.15. The third kappa shape index (κ3) is 2.61. The van der Waals surface area contributed by atoms with Gasteiger partial charge in [-0.15, -0.1) is 0 Å². The SMILES string of the molecule is CC(C)(C)C1CN(C2CCC(=O)CC2)C(=O)N1. The second-order valence-corrected chi connectivity index (χ2v) is 6.29. The average molecular weight is 238 g/mol. The fraction of sp³-hybridized carbons (Fsp3) is 0.846. The fourth-order valence-electron chi connectivity index (χ4n) is 2.60. The van der Waals surface area contributed by atoms with Gasteiger partial charge in [-0.2, -0.15) is 0 Å². The van der Waals surface area contributed by atoms with Crippen molar-refractivity contribution in [1.29, 1.82) is 0 Å². The Morgan fingerprint density at radius 3 is 2.24 bits per heavy atom. The molecule has 1 unspecified atom stereocenters. The predicted octanol–water partition coefficient (Wildman–Crippen LogP) is 1.94. The first-order valence-corrected chi connectivity index (χ1v) is 6.47. The maximum absolute atomic E-state index is 11.9. The third-order valence-electron chi connectivity index (χ3n) is 3.94. The first-order valence-electron chi connectivity index (χ1n) is 6.47. The van der Waals surface area contributed by atoms with Crippen molar-refractivity contribution in [2.24, 2.45) is 5.41 Å². The minimum atomic E-state index is 0.0456. The Morgan fingerprint density at radius 2 is 1.76 bits per heavy atom. The Hall–Kier alpha value is -1.06. The molecule has 1 heterocycles. The zero-order chi connectivity index (χ0) is 12.6. The molecular weight excluding hydrogens is 216 g/mol. The van der Waals surface area contributed by atoms with Crippen molar-refractivity contribution < 1.29 is 9.59 Å². The van der Waals surface area contributed by atoms with E-state index < -0.39 is 0 Å². The number of nitrogens with zero attached hydrogens (tertiary/aromatic N) is 1. The van der Waals surface area contributed by atoms with E-state index in [-0.39, 0.29) is 23.5 Å². The Morgan fingerprint density at radius 1 is 1.18 bits per heavy atom. The molecule has 2 rings (SSSR count). The zero-order valence-electron chi connectivity index (χ0n) is 11.0. The number of nitrogens with one attached hydrogen (secondary N) is 1. The smallest absolute Gasteiger partial charge is 0.318 e. The number of rotatable bonds is 1. The molecule has 2 aliphatic rings. The number of ketones is 1. The molecule has 96 valence electrons. The lowest BCUT2D eigenvalue weighted by Gasteiger charge is -2.31. The van der Waals surface area contributed by atoms with E-state index in [0.29, 0.717) is 18.6 Å². The highest BCUT2D eigenvalue weighted by Crippen LogP contribution is 2.28. The minimum absolute atomic E-state index is 0.0456. The molecule has 1 saturated carbocycles. The van der Waals surface area contributed by atoms with Gasteiger partial charge in [0.2, 0.25) is 0 Å². The summed E-state index contributed by atoms with van der Waals surface area (Å²) in [6.45, 7) is 7.21. The highest BCUT2D eigenvalue weighted by Gasteiger charge is 2.39. The van der Waals surface area contributed by atoms with Crippen LogP contribution in [0, 0.1) is 5.41 Å². The highest BCUT2D eigenvalue weighted by atomic mass is 16.2. The molecule has 0 bridgehead atoms. The van der Waals surface area contributed by atoms with Crippen LogP contribution in [-0.4, -0.2) is 35.3 Å². The zero-order valence-corrected chi connectivity index (χ0v) is 11.0. The second kappa shape index (κ2) is 4.31. The van der Waals surface area contributed by atoms with E-state index in [4.69, 9.17) is 0 Å². The summed E-state index contributed by atoms with van der Waals surface area (Å²) >= 11 is 0. The van der Waals surface area contributed by atoms with Crippen LogP contribution >= 0.6 is 0 Å². The van der Waals surface area contributed by atoms with E-state index in [0.717, 1.165) is 19.4 Å². The van der Waals surface area contributed by atoms with Crippen LogP contribution < -0.4 is 5.32 Å². The maximum atomic E-state index is 11.9. The van der Waals surface area contributed by atoms with E-state index in [9.17, 15) is 9.59 Å². The van der Waals surface area contributed by atoms with Gasteiger partial charge < -0.3 is 10.2 Å². The molecule has 2 amide bonds. The topological polar surface area (TPSA) is 49.4 Å². The lowest BCUT2D eigenvalue weighted by atomic mass is 9.87. The maximum Gasteiger partial charge on any atom is 0.318 e. The van der Waals surface area contributed by atoms with Gasteiger partial charge in [-0.05, 0) is 18.3 Å². The predicted molar refractivity (Wildman–Crippen MR) is 65.7 cm³/mol. The molecule has 4 heteroatoms. The van der Waals surface area contributed by atoms with Gasteiger partial charge in [0.15, 0.2) is 0 Å². The summed E-state index contributed by atoms with van der Waals surface area (Å²) in [4.78, 5) is 25.1. The Balaban J connectivity index is 1.99. The van der Waals surface area contributed by atoms with Crippen LogP contribution in [0.3, 0.4) is 0 Å². The van der Waals surface area contributed by atoms with E-state index in [1.54, 1.807) is 0 Å². The Labute approximate surface area is 103 Å². The van der Waals surface area contributed by atoms with Crippen LogP contribution in [0.15, 0.2) is 0 Å². The summed E-state index contributed by atoms with van der Waals surface area (Å²) in [7, 11) is 0. The summed E-state index contributed by atoms with van der Waals surface area (Å²) in [6.07, 6.45) is 2.94. The molecule has 1 saturated heterocycles.